The predicted octanol–water partition coefficient (Wildman–Crippen LogP) is 4.20. The Labute approximate surface area is 128 Å². The standard InChI is InChI=1S/C17H16ClFN2/c1-20-10-12-3-2-4-17-15(12)7-8-21(17)11-13-9-14(19)5-6-16(13)18/h2-9,20H,10-11H2,1H3. The number of rotatable bonds is 4. The van der Waals surface area contributed by atoms with Crippen LogP contribution in [0.25, 0.3) is 10.9 Å². The molecule has 2 aromatic carbocycles. The molecule has 2 nitrogen and oxygen atoms in total. The van der Waals surface area contributed by atoms with Crippen molar-refractivity contribution in [3.63, 3.8) is 0 Å². The van der Waals surface area contributed by atoms with E-state index in [1.54, 1.807) is 6.07 Å². The van der Waals surface area contributed by atoms with Gasteiger partial charge in [0.15, 0.2) is 0 Å². The summed E-state index contributed by atoms with van der Waals surface area (Å²) in [6.07, 6.45) is 2.02. The molecule has 108 valence electrons. The maximum absolute atomic E-state index is 13.4. The molecule has 0 aliphatic rings. The molecule has 0 bridgehead atoms. The molecule has 0 aliphatic heterocycles. The SMILES string of the molecule is CNCc1cccc2c1ccn2Cc1cc(F)ccc1Cl. The van der Waals surface area contributed by atoms with Gasteiger partial charge in [0.1, 0.15) is 5.82 Å². The highest BCUT2D eigenvalue weighted by Crippen LogP contribution is 2.24. The summed E-state index contributed by atoms with van der Waals surface area (Å²) in [4.78, 5) is 0. The van der Waals surface area contributed by atoms with E-state index < -0.39 is 0 Å². The van der Waals surface area contributed by atoms with Crippen molar-refractivity contribution in [3.05, 3.63) is 70.6 Å². The third-order valence-corrected chi connectivity index (χ3v) is 3.99. The molecule has 1 heterocycles. The normalized spacial score (nSPS) is 11.2. The van der Waals surface area contributed by atoms with Gasteiger partial charge in [0.2, 0.25) is 0 Å². The van der Waals surface area contributed by atoms with Gasteiger partial charge < -0.3 is 9.88 Å². The number of fused-ring (bicyclic) bond motifs is 1. The number of benzene rings is 2. The first kappa shape index (κ1) is 14.1. The number of hydrogen-bond acceptors (Lipinski definition) is 1. The van der Waals surface area contributed by atoms with Gasteiger partial charge in [-0.15, -0.1) is 0 Å². The molecule has 1 aromatic heterocycles. The second-order valence-electron chi connectivity index (χ2n) is 5.06. The summed E-state index contributed by atoms with van der Waals surface area (Å²) in [5, 5.41) is 4.97. The van der Waals surface area contributed by atoms with E-state index >= 15 is 0 Å². The van der Waals surface area contributed by atoms with Crippen molar-refractivity contribution in [1.29, 1.82) is 0 Å². The molecule has 0 radical (unpaired) electrons. The van der Waals surface area contributed by atoms with Gasteiger partial charge in [-0.1, -0.05) is 23.7 Å². The lowest BCUT2D eigenvalue weighted by atomic mass is 10.1. The van der Waals surface area contributed by atoms with Gasteiger partial charge in [-0.3, -0.25) is 0 Å². The monoisotopic (exact) mass is 302 g/mol. The molecular weight excluding hydrogens is 287 g/mol. The lowest BCUT2D eigenvalue weighted by molar-refractivity contribution is 0.624. The van der Waals surface area contributed by atoms with Gasteiger partial charge in [0, 0.05) is 35.2 Å². The highest BCUT2D eigenvalue weighted by molar-refractivity contribution is 6.31. The summed E-state index contributed by atoms with van der Waals surface area (Å²) < 4.78 is 15.5. The summed E-state index contributed by atoms with van der Waals surface area (Å²) in [7, 11) is 1.93. The Kier molecular flexibility index (Phi) is 3.95. The molecule has 1 N–H and O–H groups in total. The number of hydrogen-bond donors (Lipinski definition) is 1. The van der Waals surface area contributed by atoms with Crippen molar-refractivity contribution in [2.45, 2.75) is 13.1 Å². The van der Waals surface area contributed by atoms with E-state index in [-0.39, 0.29) is 5.82 Å². The summed E-state index contributed by atoms with van der Waals surface area (Å²) in [5.41, 5.74) is 3.16. The Morgan fingerprint density at radius 3 is 2.81 bits per heavy atom. The summed E-state index contributed by atoms with van der Waals surface area (Å²) >= 11 is 6.16. The minimum absolute atomic E-state index is 0.262. The van der Waals surface area contributed by atoms with Gasteiger partial charge in [0.25, 0.3) is 0 Å². The first-order chi connectivity index (χ1) is 10.2. The molecule has 0 amide bonds. The second kappa shape index (κ2) is 5.88. The average Bonchev–Trinajstić information content (AvgIpc) is 2.88. The van der Waals surface area contributed by atoms with E-state index in [9.17, 15) is 4.39 Å². The van der Waals surface area contributed by atoms with E-state index in [0.717, 1.165) is 17.6 Å². The van der Waals surface area contributed by atoms with Crippen LogP contribution in [-0.2, 0) is 13.1 Å². The van der Waals surface area contributed by atoms with Crippen LogP contribution in [0.3, 0.4) is 0 Å². The molecule has 0 saturated carbocycles. The molecule has 3 aromatic rings. The van der Waals surface area contributed by atoms with Gasteiger partial charge in [0.05, 0.1) is 0 Å². The molecule has 0 fully saturated rings. The van der Waals surface area contributed by atoms with E-state index in [4.69, 9.17) is 11.6 Å². The van der Waals surface area contributed by atoms with Gasteiger partial charge in [-0.05, 0) is 48.5 Å². The molecule has 3 rings (SSSR count). The van der Waals surface area contributed by atoms with Gasteiger partial charge >= 0.3 is 0 Å². The first-order valence-corrected chi connectivity index (χ1v) is 7.22. The molecule has 0 aliphatic carbocycles. The Bertz CT molecular complexity index is 780. The minimum atomic E-state index is -0.262. The first-order valence-electron chi connectivity index (χ1n) is 6.84. The highest BCUT2D eigenvalue weighted by atomic mass is 35.5. The largest absolute Gasteiger partial charge is 0.343 e. The van der Waals surface area contributed by atoms with Gasteiger partial charge in [-0.2, -0.15) is 0 Å². The fourth-order valence-electron chi connectivity index (χ4n) is 2.62. The summed E-state index contributed by atoms with van der Waals surface area (Å²) in [6, 6.07) is 12.8. The third kappa shape index (κ3) is 2.80. The van der Waals surface area contributed by atoms with Crippen LogP contribution in [0.4, 0.5) is 4.39 Å². The zero-order valence-corrected chi connectivity index (χ0v) is 12.5. The number of aromatic nitrogens is 1. The topological polar surface area (TPSA) is 17.0 Å². The van der Waals surface area contributed by atoms with Crippen LogP contribution in [0.5, 0.6) is 0 Å². The highest BCUT2D eigenvalue weighted by Gasteiger charge is 2.08. The maximum Gasteiger partial charge on any atom is 0.123 e. The summed E-state index contributed by atoms with van der Waals surface area (Å²) in [5.74, 6) is -0.262. The van der Waals surface area contributed by atoms with Crippen LogP contribution in [0.1, 0.15) is 11.1 Å². The van der Waals surface area contributed by atoms with E-state index in [1.807, 2.05) is 19.3 Å². The third-order valence-electron chi connectivity index (χ3n) is 3.62. The number of nitrogens with zero attached hydrogens (tertiary/aromatic N) is 1. The molecule has 0 spiro atoms. The quantitative estimate of drug-likeness (QED) is 0.764. The molecule has 4 heteroatoms. The van der Waals surface area contributed by atoms with E-state index in [0.29, 0.717) is 11.6 Å². The van der Waals surface area contributed by atoms with Crippen molar-refractivity contribution in [2.75, 3.05) is 7.05 Å². The van der Waals surface area contributed by atoms with Crippen LogP contribution < -0.4 is 5.32 Å². The van der Waals surface area contributed by atoms with Crippen LogP contribution >= 0.6 is 11.6 Å². The maximum atomic E-state index is 13.4. The van der Waals surface area contributed by atoms with E-state index in [1.165, 1.54) is 23.1 Å². The van der Waals surface area contributed by atoms with Crippen LogP contribution in [0, 0.1) is 5.82 Å². The molecule has 0 unspecified atom stereocenters. The average molecular weight is 303 g/mol. The lowest BCUT2D eigenvalue weighted by Crippen LogP contribution is -2.05. The zero-order chi connectivity index (χ0) is 14.8. The molecular formula is C17H16ClFN2. The van der Waals surface area contributed by atoms with Crippen molar-refractivity contribution < 1.29 is 4.39 Å². The molecule has 0 saturated heterocycles. The van der Waals surface area contributed by atoms with Crippen LogP contribution in [0.15, 0.2) is 48.7 Å². The van der Waals surface area contributed by atoms with Crippen LogP contribution in [-0.4, -0.2) is 11.6 Å². The van der Waals surface area contributed by atoms with Crippen LogP contribution in [0.2, 0.25) is 5.02 Å². The van der Waals surface area contributed by atoms with E-state index in [2.05, 4.69) is 28.1 Å². The Balaban J connectivity index is 2.01. The Hall–Kier alpha value is -1.84. The number of nitrogens with one attached hydrogen (secondary N) is 1. The van der Waals surface area contributed by atoms with Crippen molar-refractivity contribution in [1.82, 2.24) is 9.88 Å². The second-order valence-corrected chi connectivity index (χ2v) is 5.47. The number of halogens is 2. The Morgan fingerprint density at radius 1 is 1.14 bits per heavy atom. The van der Waals surface area contributed by atoms with Crippen molar-refractivity contribution in [3.8, 4) is 0 Å². The zero-order valence-electron chi connectivity index (χ0n) is 11.7. The fraction of sp³-hybridized carbons (Fsp3) is 0.176. The molecule has 0 atom stereocenters. The predicted molar refractivity (Wildman–Crippen MR) is 85.2 cm³/mol. The fourth-order valence-corrected chi connectivity index (χ4v) is 2.79. The van der Waals surface area contributed by atoms with Crippen molar-refractivity contribution >= 4 is 22.5 Å². The lowest BCUT2D eigenvalue weighted by Gasteiger charge is -2.09. The van der Waals surface area contributed by atoms with Crippen molar-refractivity contribution in [2.24, 2.45) is 0 Å². The smallest absolute Gasteiger partial charge is 0.123 e. The Morgan fingerprint density at radius 2 is 2.00 bits per heavy atom. The van der Waals surface area contributed by atoms with Gasteiger partial charge in [-0.25, -0.2) is 4.39 Å². The molecule has 21 heavy (non-hydrogen) atoms. The summed E-state index contributed by atoms with van der Waals surface area (Å²) in [6.45, 7) is 1.38. The minimum Gasteiger partial charge on any atom is -0.343 e.